The van der Waals surface area contributed by atoms with E-state index in [4.69, 9.17) is 27.4 Å². The summed E-state index contributed by atoms with van der Waals surface area (Å²) in [5.74, 6) is 0.845. The molecular formula is C12H13NO4S2. The molecule has 0 saturated heterocycles. The molecule has 2 N–H and O–H groups in total. The van der Waals surface area contributed by atoms with E-state index in [9.17, 15) is 8.42 Å². The van der Waals surface area contributed by atoms with Gasteiger partial charge in [0.2, 0.25) is 6.79 Å². The van der Waals surface area contributed by atoms with Crippen molar-refractivity contribution < 1.29 is 17.9 Å². The Morgan fingerprint density at radius 2 is 2.05 bits per heavy atom. The Kier molecular flexibility index (Phi) is 2.72. The molecule has 0 amide bonds. The molecule has 3 unspecified atom stereocenters. The van der Waals surface area contributed by atoms with Crippen molar-refractivity contribution in [3.8, 4) is 11.5 Å². The van der Waals surface area contributed by atoms with Crippen LogP contribution in [0.25, 0.3) is 0 Å². The third kappa shape index (κ3) is 2.06. The number of ether oxygens (including phenoxy) is 2. The number of hydrogen-bond donors (Lipinski definition) is 1. The number of hydrogen-bond acceptors (Lipinski definition) is 5. The van der Waals surface area contributed by atoms with Crippen LogP contribution in [0.5, 0.6) is 11.5 Å². The molecule has 5 nitrogen and oxygen atoms in total. The first-order valence-electron chi connectivity index (χ1n) is 5.77. The number of benzene rings is 1. The lowest BCUT2D eigenvalue weighted by Crippen LogP contribution is -2.16. The zero-order valence-corrected chi connectivity index (χ0v) is 11.8. The Morgan fingerprint density at radius 1 is 1.37 bits per heavy atom. The summed E-state index contributed by atoms with van der Waals surface area (Å²) >= 11 is 4.96. The fraction of sp³-hybridized carbons (Fsp3) is 0.417. The summed E-state index contributed by atoms with van der Waals surface area (Å²) in [6, 6.07) is 5.43. The third-order valence-electron chi connectivity index (χ3n) is 3.56. The van der Waals surface area contributed by atoms with Crippen molar-refractivity contribution in [1.29, 1.82) is 0 Å². The van der Waals surface area contributed by atoms with Gasteiger partial charge in [0.05, 0.1) is 10.2 Å². The number of nitrogens with two attached hydrogens (primary N) is 1. The second-order valence-corrected chi connectivity index (χ2v) is 7.54. The normalized spacial score (nSPS) is 28.2. The van der Waals surface area contributed by atoms with Crippen LogP contribution >= 0.6 is 12.2 Å². The molecule has 102 valence electrons. The molecule has 1 aliphatic carbocycles. The van der Waals surface area contributed by atoms with Gasteiger partial charge in [0.15, 0.2) is 21.3 Å². The summed E-state index contributed by atoms with van der Waals surface area (Å²) < 4.78 is 34.0. The maximum absolute atomic E-state index is 11.8. The Morgan fingerprint density at radius 3 is 2.63 bits per heavy atom. The molecule has 3 atom stereocenters. The smallest absolute Gasteiger partial charge is 0.231 e. The van der Waals surface area contributed by atoms with E-state index < -0.39 is 15.1 Å². The largest absolute Gasteiger partial charge is 0.454 e. The van der Waals surface area contributed by atoms with Crippen molar-refractivity contribution >= 4 is 27.0 Å². The summed E-state index contributed by atoms with van der Waals surface area (Å²) in [5.41, 5.74) is 6.51. The molecule has 3 rings (SSSR count). The van der Waals surface area contributed by atoms with Crippen LogP contribution in [0.2, 0.25) is 0 Å². The topological polar surface area (TPSA) is 78.6 Å². The Balaban J connectivity index is 1.96. The van der Waals surface area contributed by atoms with Crippen LogP contribution < -0.4 is 15.2 Å². The van der Waals surface area contributed by atoms with E-state index >= 15 is 0 Å². The van der Waals surface area contributed by atoms with Gasteiger partial charge in [-0.3, -0.25) is 0 Å². The van der Waals surface area contributed by atoms with E-state index in [-0.39, 0.29) is 23.6 Å². The number of thiocarbonyl (C=S) groups is 1. The molecule has 2 aliphatic rings. The van der Waals surface area contributed by atoms with Crippen LogP contribution in [0.1, 0.15) is 11.5 Å². The molecule has 1 aliphatic heterocycles. The van der Waals surface area contributed by atoms with E-state index in [1.54, 1.807) is 6.07 Å². The molecule has 1 aromatic carbocycles. The predicted octanol–water partition coefficient (Wildman–Crippen LogP) is 0.828. The van der Waals surface area contributed by atoms with Gasteiger partial charge >= 0.3 is 0 Å². The zero-order valence-electron chi connectivity index (χ0n) is 10.2. The molecular weight excluding hydrogens is 286 g/mol. The first-order valence-corrected chi connectivity index (χ1v) is 8.13. The molecule has 1 heterocycles. The number of fused-ring (bicyclic) bond motifs is 1. The minimum atomic E-state index is -3.17. The van der Waals surface area contributed by atoms with Crippen molar-refractivity contribution in [1.82, 2.24) is 0 Å². The first-order chi connectivity index (χ1) is 8.89. The van der Waals surface area contributed by atoms with E-state index in [0.29, 0.717) is 11.5 Å². The Labute approximate surface area is 116 Å². The molecule has 19 heavy (non-hydrogen) atoms. The van der Waals surface area contributed by atoms with Crippen molar-refractivity contribution in [3.63, 3.8) is 0 Å². The monoisotopic (exact) mass is 299 g/mol. The van der Waals surface area contributed by atoms with Crippen LogP contribution in [0.15, 0.2) is 18.2 Å². The maximum atomic E-state index is 11.8. The van der Waals surface area contributed by atoms with Gasteiger partial charge in [-0.1, -0.05) is 18.3 Å². The molecule has 0 aromatic heterocycles. The van der Waals surface area contributed by atoms with Gasteiger partial charge in [-0.15, -0.1) is 0 Å². The van der Waals surface area contributed by atoms with Crippen molar-refractivity contribution in [3.05, 3.63) is 23.8 Å². The molecule has 1 saturated carbocycles. The van der Waals surface area contributed by atoms with E-state index in [1.165, 1.54) is 6.26 Å². The van der Waals surface area contributed by atoms with Gasteiger partial charge in [-0.2, -0.15) is 0 Å². The van der Waals surface area contributed by atoms with Crippen LogP contribution in [-0.2, 0) is 9.84 Å². The maximum Gasteiger partial charge on any atom is 0.231 e. The van der Waals surface area contributed by atoms with Gasteiger partial charge in [0, 0.05) is 18.1 Å². The summed E-state index contributed by atoms with van der Waals surface area (Å²) in [6.45, 7) is 0.192. The van der Waals surface area contributed by atoms with E-state index in [2.05, 4.69) is 0 Å². The summed E-state index contributed by atoms with van der Waals surface area (Å²) in [6.07, 6.45) is 1.22. The quantitative estimate of drug-likeness (QED) is 0.833. The number of rotatable bonds is 3. The standard InChI is InChI=1S/C12H13NO4S2/c1-19(14,15)11-9(10(11)12(13)18)6-2-3-7-8(4-6)17-5-16-7/h2-4,9-11H,5H2,1H3,(H2,13,18). The highest BCUT2D eigenvalue weighted by Crippen LogP contribution is 2.53. The second kappa shape index (κ2) is 4.08. The summed E-state index contributed by atoms with van der Waals surface area (Å²) in [5, 5.41) is -0.523. The molecule has 0 bridgehead atoms. The van der Waals surface area contributed by atoms with E-state index in [1.807, 2.05) is 12.1 Å². The minimum absolute atomic E-state index is 0.179. The van der Waals surface area contributed by atoms with Crippen LogP contribution in [0, 0.1) is 5.92 Å². The highest BCUT2D eigenvalue weighted by atomic mass is 32.2. The SMILES string of the molecule is CS(=O)(=O)C1C(C(N)=S)C1c1ccc2c(c1)OCO2. The average molecular weight is 299 g/mol. The van der Waals surface area contributed by atoms with Gasteiger partial charge in [0.1, 0.15) is 0 Å². The molecule has 0 spiro atoms. The van der Waals surface area contributed by atoms with Gasteiger partial charge in [-0.05, 0) is 17.7 Å². The second-order valence-electron chi connectivity index (χ2n) is 4.86. The minimum Gasteiger partial charge on any atom is -0.454 e. The fourth-order valence-electron chi connectivity index (χ4n) is 2.67. The van der Waals surface area contributed by atoms with Crippen LogP contribution in [0.3, 0.4) is 0 Å². The highest BCUT2D eigenvalue weighted by molar-refractivity contribution is 7.91. The van der Waals surface area contributed by atoms with Gasteiger partial charge < -0.3 is 15.2 Å². The number of sulfone groups is 1. The Bertz CT molecular complexity index is 656. The fourth-order valence-corrected chi connectivity index (χ4v) is 4.67. The average Bonchev–Trinajstić information content (AvgIpc) is 2.93. The Hall–Kier alpha value is -1.34. The van der Waals surface area contributed by atoms with Gasteiger partial charge in [-0.25, -0.2) is 8.42 Å². The lowest BCUT2D eigenvalue weighted by atomic mass is 10.1. The molecule has 1 aromatic rings. The molecule has 0 radical (unpaired) electrons. The van der Waals surface area contributed by atoms with Crippen molar-refractivity contribution in [2.45, 2.75) is 11.2 Å². The molecule has 7 heteroatoms. The highest BCUT2D eigenvalue weighted by Gasteiger charge is 2.58. The predicted molar refractivity (Wildman–Crippen MR) is 74.2 cm³/mol. The van der Waals surface area contributed by atoms with Crippen molar-refractivity contribution in [2.75, 3.05) is 13.0 Å². The lowest BCUT2D eigenvalue weighted by Gasteiger charge is -2.02. The van der Waals surface area contributed by atoms with E-state index in [0.717, 1.165) is 5.56 Å². The lowest BCUT2D eigenvalue weighted by molar-refractivity contribution is 0.174. The first kappa shape index (κ1) is 12.7. The van der Waals surface area contributed by atoms with Crippen molar-refractivity contribution in [2.24, 2.45) is 11.7 Å². The third-order valence-corrected chi connectivity index (χ3v) is 5.41. The summed E-state index contributed by atoms with van der Waals surface area (Å²) in [7, 11) is -3.17. The zero-order chi connectivity index (χ0) is 13.8. The molecule has 1 fully saturated rings. The van der Waals surface area contributed by atoms with Gasteiger partial charge in [0.25, 0.3) is 0 Å². The van der Waals surface area contributed by atoms with Crippen LogP contribution in [0.4, 0.5) is 0 Å². The summed E-state index contributed by atoms with van der Waals surface area (Å²) in [4.78, 5) is 0.248. The van der Waals surface area contributed by atoms with Crippen LogP contribution in [-0.4, -0.2) is 31.7 Å².